The fourth-order valence-electron chi connectivity index (χ4n) is 3.76. The second-order valence-corrected chi connectivity index (χ2v) is 7.28. The van der Waals surface area contributed by atoms with E-state index in [-0.39, 0.29) is 6.10 Å². The first kappa shape index (κ1) is 14.1. The van der Waals surface area contributed by atoms with Crippen molar-refractivity contribution in [3.63, 3.8) is 0 Å². The Bertz CT molecular complexity index is 650. The predicted molar refractivity (Wildman–Crippen MR) is 86.3 cm³/mol. The highest BCUT2D eigenvalue weighted by molar-refractivity contribution is 9.10. The van der Waals surface area contributed by atoms with Crippen molar-refractivity contribution in [2.24, 2.45) is 11.3 Å². The average Bonchev–Trinajstić information content (AvgIpc) is 2.47. The van der Waals surface area contributed by atoms with E-state index in [9.17, 15) is 5.11 Å². The van der Waals surface area contributed by atoms with Crippen LogP contribution < -0.4 is 4.90 Å². The lowest BCUT2D eigenvalue weighted by Crippen LogP contribution is -2.63. The highest BCUT2D eigenvalue weighted by atomic mass is 79.9. The molecule has 0 aromatic carbocycles. The van der Waals surface area contributed by atoms with Crippen molar-refractivity contribution in [1.29, 1.82) is 0 Å². The largest absolute Gasteiger partial charge is 0.388 e. The molecule has 6 heteroatoms. The molecule has 1 aliphatic heterocycles. The van der Waals surface area contributed by atoms with E-state index in [0.29, 0.717) is 11.3 Å². The molecule has 0 radical (unpaired) electrons. The number of hydrogen-bond donors (Lipinski definition) is 1. The van der Waals surface area contributed by atoms with Crippen LogP contribution in [-0.4, -0.2) is 33.4 Å². The van der Waals surface area contributed by atoms with Gasteiger partial charge in [0.2, 0.25) is 0 Å². The third-order valence-electron chi connectivity index (χ3n) is 4.86. The van der Waals surface area contributed by atoms with E-state index < -0.39 is 0 Å². The summed E-state index contributed by atoms with van der Waals surface area (Å²) in [5.74, 6) is 1.28. The first-order valence-corrected chi connectivity index (χ1v) is 8.27. The Kier molecular flexibility index (Phi) is 3.38. The van der Waals surface area contributed by atoms with Gasteiger partial charge in [-0.1, -0.05) is 6.07 Å². The summed E-state index contributed by atoms with van der Waals surface area (Å²) in [6.07, 6.45) is 5.26. The van der Waals surface area contributed by atoms with Crippen LogP contribution in [-0.2, 0) is 0 Å². The van der Waals surface area contributed by atoms with Crippen LogP contribution in [0.4, 0.5) is 5.82 Å². The molecule has 3 heterocycles. The highest BCUT2D eigenvalue weighted by Crippen LogP contribution is 2.56. The van der Waals surface area contributed by atoms with Gasteiger partial charge in [0, 0.05) is 30.9 Å². The van der Waals surface area contributed by atoms with Gasteiger partial charge in [-0.3, -0.25) is 4.98 Å². The van der Waals surface area contributed by atoms with Crippen LogP contribution in [0.25, 0.3) is 0 Å². The molecule has 1 aliphatic carbocycles. The van der Waals surface area contributed by atoms with E-state index in [0.717, 1.165) is 41.9 Å². The monoisotopic (exact) mass is 360 g/mol. The maximum Gasteiger partial charge on any atom is 0.151 e. The number of nitrogens with zero attached hydrogens (tertiary/aromatic N) is 4. The number of anilines is 1. The van der Waals surface area contributed by atoms with E-state index in [2.05, 4.69) is 36.0 Å². The normalized spacial score (nSPS) is 21.3. The lowest BCUT2D eigenvalue weighted by atomic mass is 9.56. The number of hydrogen-bond acceptors (Lipinski definition) is 5. The van der Waals surface area contributed by atoms with Gasteiger partial charge in [-0.25, -0.2) is 0 Å². The van der Waals surface area contributed by atoms with Crippen LogP contribution in [0, 0.1) is 11.3 Å². The van der Waals surface area contributed by atoms with Gasteiger partial charge in [-0.2, -0.15) is 0 Å². The fourth-order valence-corrected chi connectivity index (χ4v) is 3.97. The third kappa shape index (κ3) is 2.40. The van der Waals surface area contributed by atoms with Gasteiger partial charge in [0.1, 0.15) is 4.60 Å². The van der Waals surface area contributed by atoms with Crippen LogP contribution in [0.1, 0.15) is 24.5 Å². The molecule has 114 valence electrons. The maximum atomic E-state index is 10.4. The number of rotatable bonds is 3. The van der Waals surface area contributed by atoms with Crippen LogP contribution in [0.15, 0.2) is 41.3 Å². The van der Waals surface area contributed by atoms with E-state index in [1.165, 1.54) is 0 Å². The number of aliphatic hydroxyl groups is 1. The van der Waals surface area contributed by atoms with Gasteiger partial charge in [0.25, 0.3) is 0 Å². The summed E-state index contributed by atoms with van der Waals surface area (Å²) in [5.41, 5.74) is 1.29. The van der Waals surface area contributed by atoms with E-state index in [4.69, 9.17) is 0 Å². The third-order valence-corrected chi connectivity index (χ3v) is 5.28. The quantitative estimate of drug-likeness (QED) is 0.911. The minimum atomic E-state index is -0.388. The van der Waals surface area contributed by atoms with Crippen LogP contribution in [0.2, 0.25) is 0 Å². The predicted octanol–water partition coefficient (Wildman–Crippen LogP) is 2.58. The molecule has 1 atom stereocenters. The highest BCUT2D eigenvalue weighted by Gasteiger charge is 2.54. The SMILES string of the molecule is OC(c1cccnc1)C1CC2(C1)CN(c1ccc(Br)nn1)C2. The minimum absolute atomic E-state index is 0.349. The second kappa shape index (κ2) is 5.28. The molecule has 1 unspecified atom stereocenters. The average molecular weight is 361 g/mol. The van der Waals surface area contributed by atoms with Crippen molar-refractivity contribution in [3.05, 3.63) is 46.8 Å². The Labute approximate surface area is 137 Å². The van der Waals surface area contributed by atoms with Crippen molar-refractivity contribution in [1.82, 2.24) is 15.2 Å². The van der Waals surface area contributed by atoms with Gasteiger partial charge >= 0.3 is 0 Å². The summed E-state index contributed by atoms with van der Waals surface area (Å²) in [4.78, 5) is 6.34. The Morgan fingerprint density at radius 1 is 1.23 bits per heavy atom. The Morgan fingerprint density at radius 3 is 2.68 bits per heavy atom. The van der Waals surface area contributed by atoms with E-state index >= 15 is 0 Å². The first-order valence-electron chi connectivity index (χ1n) is 7.47. The molecule has 2 aromatic rings. The molecule has 1 saturated heterocycles. The van der Waals surface area contributed by atoms with Crippen LogP contribution in [0.3, 0.4) is 0 Å². The van der Waals surface area contributed by atoms with Crippen LogP contribution in [0.5, 0.6) is 0 Å². The van der Waals surface area contributed by atoms with Crippen molar-refractivity contribution < 1.29 is 5.11 Å². The number of pyridine rings is 1. The minimum Gasteiger partial charge on any atom is -0.388 e. The van der Waals surface area contributed by atoms with Gasteiger partial charge in [-0.05, 0) is 58.5 Å². The lowest BCUT2D eigenvalue weighted by Gasteiger charge is -2.60. The Morgan fingerprint density at radius 2 is 2.05 bits per heavy atom. The van der Waals surface area contributed by atoms with E-state index in [1.54, 1.807) is 12.4 Å². The molecule has 5 nitrogen and oxygen atoms in total. The second-order valence-electron chi connectivity index (χ2n) is 6.47. The Hall–Kier alpha value is -1.53. The van der Waals surface area contributed by atoms with Gasteiger partial charge in [0.05, 0.1) is 6.10 Å². The number of halogens is 1. The summed E-state index contributed by atoms with van der Waals surface area (Å²) >= 11 is 3.30. The summed E-state index contributed by atoms with van der Waals surface area (Å²) in [6, 6.07) is 7.74. The molecule has 22 heavy (non-hydrogen) atoms. The van der Waals surface area contributed by atoms with Gasteiger partial charge in [0.15, 0.2) is 5.82 Å². The van der Waals surface area contributed by atoms with Crippen molar-refractivity contribution >= 4 is 21.7 Å². The number of aromatic nitrogens is 3. The van der Waals surface area contributed by atoms with Crippen molar-refractivity contribution in [2.45, 2.75) is 18.9 Å². The molecular formula is C16H17BrN4O. The van der Waals surface area contributed by atoms with Crippen molar-refractivity contribution in [2.75, 3.05) is 18.0 Å². The summed E-state index contributed by atoms with van der Waals surface area (Å²) in [5, 5.41) is 18.7. The molecule has 1 saturated carbocycles. The fraction of sp³-hybridized carbons (Fsp3) is 0.438. The first-order chi connectivity index (χ1) is 10.7. The summed E-state index contributed by atoms with van der Waals surface area (Å²) in [7, 11) is 0. The standard InChI is InChI=1S/C16H17BrN4O/c17-13-3-4-14(20-19-13)21-9-16(10-21)6-12(7-16)15(22)11-2-1-5-18-8-11/h1-5,8,12,15,22H,6-7,9-10H2. The molecule has 2 fully saturated rings. The molecule has 4 rings (SSSR count). The molecule has 2 aliphatic rings. The van der Waals surface area contributed by atoms with Gasteiger partial charge < -0.3 is 10.0 Å². The number of aliphatic hydroxyl groups excluding tert-OH is 1. The topological polar surface area (TPSA) is 62.1 Å². The zero-order chi connectivity index (χ0) is 15.2. The molecule has 2 aromatic heterocycles. The van der Waals surface area contributed by atoms with Crippen LogP contribution >= 0.6 is 15.9 Å². The zero-order valence-corrected chi connectivity index (χ0v) is 13.6. The smallest absolute Gasteiger partial charge is 0.151 e. The maximum absolute atomic E-state index is 10.4. The molecule has 1 N–H and O–H groups in total. The van der Waals surface area contributed by atoms with E-state index in [1.807, 2.05) is 24.3 Å². The Balaban J connectivity index is 1.34. The lowest BCUT2D eigenvalue weighted by molar-refractivity contribution is -0.0512. The van der Waals surface area contributed by atoms with Gasteiger partial charge in [-0.15, -0.1) is 10.2 Å². The molecule has 0 bridgehead atoms. The van der Waals surface area contributed by atoms with Crippen molar-refractivity contribution in [3.8, 4) is 0 Å². The summed E-state index contributed by atoms with van der Waals surface area (Å²) < 4.78 is 0.759. The zero-order valence-electron chi connectivity index (χ0n) is 12.1. The summed E-state index contributed by atoms with van der Waals surface area (Å²) in [6.45, 7) is 2.03. The molecular weight excluding hydrogens is 344 g/mol. The molecule has 0 amide bonds. The molecule has 1 spiro atoms.